The Kier molecular flexibility index (Phi) is 5.94. The Hall–Kier alpha value is -3.49. The zero-order valence-electron chi connectivity index (χ0n) is 15.7. The lowest BCUT2D eigenvalue weighted by atomic mass is 10.1. The van der Waals surface area contributed by atoms with E-state index in [-0.39, 0.29) is 5.91 Å². The molecule has 4 rings (SSSR count). The summed E-state index contributed by atoms with van der Waals surface area (Å²) in [5, 5.41) is 3.73. The number of aromatic amines is 1. The van der Waals surface area contributed by atoms with Crippen molar-refractivity contribution in [3.05, 3.63) is 95.6 Å². The van der Waals surface area contributed by atoms with Crippen LogP contribution in [0.2, 0.25) is 0 Å². The van der Waals surface area contributed by atoms with E-state index in [4.69, 9.17) is 0 Å². The smallest absolute Gasteiger partial charge is 0.252 e. The predicted octanol–water partition coefficient (Wildman–Crippen LogP) is 4.64. The van der Waals surface area contributed by atoms with Crippen LogP contribution >= 0.6 is 11.8 Å². The van der Waals surface area contributed by atoms with Gasteiger partial charge in [-0.3, -0.25) is 4.79 Å². The first-order chi connectivity index (χ1) is 14.3. The number of rotatable bonds is 5. The molecule has 1 aromatic heterocycles. The SMILES string of the molecule is O=C(NCC#Cc1ccccc1)c1ccccc1CSc1nc2ccccc2[nH]1. The number of nitrogens with one attached hydrogen (secondary N) is 2. The molecule has 0 aliphatic rings. The van der Waals surface area contributed by atoms with Crippen LogP contribution in [0.3, 0.4) is 0 Å². The highest BCUT2D eigenvalue weighted by Crippen LogP contribution is 2.24. The maximum atomic E-state index is 12.6. The lowest BCUT2D eigenvalue weighted by Gasteiger charge is -2.08. The third-order valence-corrected chi connectivity index (χ3v) is 5.26. The van der Waals surface area contributed by atoms with E-state index in [2.05, 4.69) is 27.1 Å². The Labute approximate surface area is 173 Å². The highest BCUT2D eigenvalue weighted by Gasteiger charge is 2.11. The van der Waals surface area contributed by atoms with E-state index in [0.717, 1.165) is 27.3 Å². The first-order valence-corrected chi connectivity index (χ1v) is 10.3. The van der Waals surface area contributed by atoms with E-state index in [0.29, 0.717) is 17.9 Å². The number of para-hydroxylation sites is 2. The van der Waals surface area contributed by atoms with Crippen LogP contribution in [0.1, 0.15) is 21.5 Å². The number of fused-ring (bicyclic) bond motifs is 1. The normalized spacial score (nSPS) is 10.3. The molecule has 0 bridgehead atoms. The number of benzene rings is 3. The van der Waals surface area contributed by atoms with Crippen molar-refractivity contribution >= 4 is 28.7 Å². The van der Waals surface area contributed by atoms with E-state index in [9.17, 15) is 4.79 Å². The standard InChI is InChI=1S/C24H19N3OS/c28-23(25-16-8-11-18-9-2-1-3-10-18)20-13-5-4-12-19(20)17-29-24-26-21-14-6-7-15-22(21)27-24/h1-7,9-10,12-15H,16-17H2,(H,25,28)(H,26,27). The Morgan fingerprint density at radius 2 is 1.72 bits per heavy atom. The number of hydrogen-bond acceptors (Lipinski definition) is 3. The van der Waals surface area contributed by atoms with Gasteiger partial charge in [-0.25, -0.2) is 4.98 Å². The molecule has 0 fully saturated rings. The summed E-state index contributed by atoms with van der Waals surface area (Å²) in [4.78, 5) is 20.5. The molecule has 0 aliphatic carbocycles. The number of carbonyl (C=O) groups is 1. The minimum atomic E-state index is -0.117. The molecular weight excluding hydrogens is 378 g/mol. The van der Waals surface area contributed by atoms with Crippen molar-refractivity contribution in [1.82, 2.24) is 15.3 Å². The van der Waals surface area contributed by atoms with Crippen LogP contribution in [-0.4, -0.2) is 22.4 Å². The zero-order chi connectivity index (χ0) is 19.9. The second-order valence-corrected chi connectivity index (χ2v) is 7.32. The van der Waals surface area contributed by atoms with E-state index >= 15 is 0 Å². The van der Waals surface area contributed by atoms with E-state index in [1.54, 1.807) is 11.8 Å². The highest BCUT2D eigenvalue weighted by molar-refractivity contribution is 7.98. The molecule has 0 aliphatic heterocycles. The third-order valence-electron chi connectivity index (χ3n) is 4.34. The molecule has 0 spiro atoms. The van der Waals surface area contributed by atoms with Gasteiger partial charge in [-0.1, -0.05) is 72.1 Å². The quantitative estimate of drug-likeness (QED) is 0.381. The van der Waals surface area contributed by atoms with Crippen molar-refractivity contribution in [1.29, 1.82) is 0 Å². The van der Waals surface area contributed by atoms with Gasteiger partial charge in [0, 0.05) is 16.9 Å². The molecule has 0 unspecified atom stereocenters. The minimum absolute atomic E-state index is 0.117. The largest absolute Gasteiger partial charge is 0.341 e. The first kappa shape index (κ1) is 18.9. The van der Waals surface area contributed by atoms with Gasteiger partial charge in [0.2, 0.25) is 0 Å². The fourth-order valence-electron chi connectivity index (χ4n) is 2.90. The summed E-state index contributed by atoms with van der Waals surface area (Å²) in [6, 6.07) is 25.3. The number of H-pyrrole nitrogens is 1. The molecule has 0 atom stereocenters. The van der Waals surface area contributed by atoms with Crippen molar-refractivity contribution in [2.75, 3.05) is 6.54 Å². The molecule has 142 valence electrons. The van der Waals surface area contributed by atoms with E-state index in [1.807, 2.05) is 78.9 Å². The summed E-state index contributed by atoms with van der Waals surface area (Å²) in [5.74, 6) is 6.57. The van der Waals surface area contributed by atoms with Gasteiger partial charge in [0.15, 0.2) is 5.16 Å². The number of thioether (sulfide) groups is 1. The van der Waals surface area contributed by atoms with Gasteiger partial charge in [-0.15, -0.1) is 0 Å². The number of carbonyl (C=O) groups excluding carboxylic acids is 1. The average molecular weight is 398 g/mol. The summed E-state index contributed by atoms with van der Waals surface area (Å²) >= 11 is 1.58. The van der Waals surface area contributed by atoms with E-state index < -0.39 is 0 Å². The highest BCUT2D eigenvalue weighted by atomic mass is 32.2. The Morgan fingerprint density at radius 1 is 0.966 bits per heavy atom. The molecular formula is C24H19N3OS. The average Bonchev–Trinajstić information content (AvgIpc) is 3.19. The van der Waals surface area contributed by atoms with Gasteiger partial charge in [0.25, 0.3) is 5.91 Å². The molecule has 2 N–H and O–H groups in total. The van der Waals surface area contributed by atoms with Crippen molar-refractivity contribution in [3.63, 3.8) is 0 Å². The maximum absolute atomic E-state index is 12.6. The number of aromatic nitrogens is 2. The van der Waals surface area contributed by atoms with Crippen LogP contribution in [0, 0.1) is 11.8 Å². The van der Waals surface area contributed by atoms with Gasteiger partial charge < -0.3 is 10.3 Å². The van der Waals surface area contributed by atoms with Crippen LogP contribution in [-0.2, 0) is 5.75 Å². The molecule has 0 saturated carbocycles. The molecule has 3 aromatic carbocycles. The third kappa shape index (κ3) is 4.87. The summed E-state index contributed by atoms with van der Waals surface area (Å²) in [6.07, 6.45) is 0. The van der Waals surface area contributed by atoms with Crippen LogP contribution < -0.4 is 5.32 Å². The molecule has 5 heteroatoms. The van der Waals surface area contributed by atoms with Crippen molar-refractivity contribution in [3.8, 4) is 11.8 Å². The molecule has 4 nitrogen and oxygen atoms in total. The second-order valence-electron chi connectivity index (χ2n) is 6.36. The second kappa shape index (κ2) is 9.13. The number of amides is 1. The maximum Gasteiger partial charge on any atom is 0.252 e. The van der Waals surface area contributed by atoms with Gasteiger partial charge in [0.1, 0.15) is 0 Å². The van der Waals surface area contributed by atoms with Gasteiger partial charge in [-0.05, 0) is 35.9 Å². The Balaban J connectivity index is 1.39. The van der Waals surface area contributed by atoms with Crippen LogP contribution in [0.4, 0.5) is 0 Å². The van der Waals surface area contributed by atoms with Crippen LogP contribution in [0.25, 0.3) is 11.0 Å². The number of nitrogens with zero attached hydrogens (tertiary/aromatic N) is 1. The predicted molar refractivity (Wildman–Crippen MR) is 118 cm³/mol. The lowest BCUT2D eigenvalue weighted by Crippen LogP contribution is -2.24. The van der Waals surface area contributed by atoms with Crippen LogP contribution in [0.15, 0.2) is 84.0 Å². The van der Waals surface area contributed by atoms with Crippen molar-refractivity contribution < 1.29 is 4.79 Å². The molecule has 29 heavy (non-hydrogen) atoms. The number of imidazole rings is 1. The van der Waals surface area contributed by atoms with Crippen molar-refractivity contribution in [2.45, 2.75) is 10.9 Å². The fourth-order valence-corrected chi connectivity index (χ4v) is 3.79. The molecule has 1 heterocycles. The summed E-state index contributed by atoms with van der Waals surface area (Å²) < 4.78 is 0. The van der Waals surface area contributed by atoms with Crippen molar-refractivity contribution in [2.24, 2.45) is 0 Å². The lowest BCUT2D eigenvalue weighted by molar-refractivity contribution is 0.0958. The van der Waals surface area contributed by atoms with Gasteiger partial charge >= 0.3 is 0 Å². The first-order valence-electron chi connectivity index (χ1n) is 9.27. The molecule has 0 radical (unpaired) electrons. The Morgan fingerprint density at radius 3 is 2.59 bits per heavy atom. The minimum Gasteiger partial charge on any atom is -0.341 e. The number of hydrogen-bond donors (Lipinski definition) is 2. The Bertz CT molecular complexity index is 1160. The molecule has 1 amide bonds. The summed E-state index contributed by atoms with van der Waals surface area (Å²) in [7, 11) is 0. The monoisotopic (exact) mass is 397 g/mol. The summed E-state index contributed by atoms with van der Waals surface area (Å²) in [5.41, 5.74) is 4.52. The molecule has 0 saturated heterocycles. The van der Waals surface area contributed by atoms with Gasteiger partial charge in [0.05, 0.1) is 17.6 Å². The topological polar surface area (TPSA) is 57.8 Å². The fraction of sp³-hybridized carbons (Fsp3) is 0.0833. The zero-order valence-corrected chi connectivity index (χ0v) is 16.5. The molecule has 4 aromatic rings. The van der Waals surface area contributed by atoms with Crippen LogP contribution in [0.5, 0.6) is 0 Å². The van der Waals surface area contributed by atoms with Gasteiger partial charge in [-0.2, -0.15) is 0 Å². The summed E-state index contributed by atoms with van der Waals surface area (Å²) in [6.45, 7) is 0.304. The van der Waals surface area contributed by atoms with E-state index in [1.165, 1.54) is 0 Å².